The van der Waals surface area contributed by atoms with Crippen LogP contribution in [0.15, 0.2) is 22.8 Å². The molecule has 120 valence electrons. The van der Waals surface area contributed by atoms with Crippen molar-refractivity contribution in [3.63, 3.8) is 0 Å². The molecule has 0 bridgehead atoms. The maximum atomic E-state index is 13.9. The average molecular weight is 393 g/mol. The molecule has 0 fully saturated rings. The van der Waals surface area contributed by atoms with Gasteiger partial charge in [0.2, 0.25) is 0 Å². The van der Waals surface area contributed by atoms with Crippen molar-refractivity contribution in [2.24, 2.45) is 0 Å². The highest BCUT2D eigenvalue weighted by atomic mass is 79.9. The zero-order chi connectivity index (χ0) is 16.7. The maximum Gasteiger partial charge on any atom is 0.324 e. The minimum Gasteiger partial charge on any atom is -0.480 e. The molecule has 1 atom stereocenters. The van der Waals surface area contributed by atoms with E-state index in [2.05, 4.69) is 21.0 Å². The Hall–Kier alpha value is -1.48. The molecule has 2 rings (SSSR count). The normalized spacial score (nSPS) is 14.9. The third-order valence-corrected chi connectivity index (χ3v) is 6.34. The van der Waals surface area contributed by atoms with Crippen LogP contribution < -0.4 is 0 Å². The smallest absolute Gasteiger partial charge is 0.324 e. The molecule has 2 aromatic rings. The van der Waals surface area contributed by atoms with Gasteiger partial charge < -0.3 is 5.11 Å². The molecule has 9 heteroatoms. The fourth-order valence-corrected chi connectivity index (χ4v) is 3.10. The lowest BCUT2D eigenvalue weighted by Gasteiger charge is -2.22. The number of halogens is 2. The highest BCUT2D eigenvalue weighted by Crippen LogP contribution is 2.26. The summed E-state index contributed by atoms with van der Waals surface area (Å²) in [4.78, 5) is 11.3. The Morgan fingerprint density at radius 1 is 1.50 bits per heavy atom. The number of aryl methyl sites for hydroxylation is 1. The minimum atomic E-state index is -3.80. The summed E-state index contributed by atoms with van der Waals surface area (Å²) in [5, 5.41) is 13.6. The molecule has 0 aliphatic carbocycles. The molecule has 6 nitrogen and oxygen atoms in total. The molecule has 0 spiro atoms. The van der Waals surface area contributed by atoms with Crippen LogP contribution in [0, 0.1) is 5.82 Å². The van der Waals surface area contributed by atoms with Gasteiger partial charge in [-0.2, -0.15) is 5.10 Å². The summed E-state index contributed by atoms with van der Waals surface area (Å²) in [7, 11) is -3.80. The van der Waals surface area contributed by atoms with Gasteiger partial charge in [0.05, 0.1) is 15.4 Å². The van der Waals surface area contributed by atoms with E-state index in [9.17, 15) is 22.7 Å². The molecule has 1 heterocycles. The molecule has 0 amide bonds. The summed E-state index contributed by atoms with van der Waals surface area (Å²) in [6, 6.07) is 3.14. The highest BCUT2D eigenvalue weighted by molar-refractivity contribution is 9.10. The molecule has 0 aliphatic heterocycles. The number of carbonyl (C=O) groups is 1. The first-order valence-corrected chi connectivity index (χ1v) is 8.99. The van der Waals surface area contributed by atoms with Crippen LogP contribution in [0.5, 0.6) is 0 Å². The number of hydrogen-bond acceptors (Lipinski definition) is 4. The van der Waals surface area contributed by atoms with Gasteiger partial charge in [0, 0.05) is 19.0 Å². The van der Waals surface area contributed by atoms with E-state index in [4.69, 9.17) is 0 Å². The lowest BCUT2D eigenvalue weighted by atomic mass is 10.1. The van der Waals surface area contributed by atoms with Crippen LogP contribution in [0.2, 0.25) is 0 Å². The van der Waals surface area contributed by atoms with Crippen molar-refractivity contribution >= 4 is 42.6 Å². The largest absolute Gasteiger partial charge is 0.480 e. The van der Waals surface area contributed by atoms with Gasteiger partial charge in [0.1, 0.15) is 5.82 Å². The topological polar surface area (TPSA) is 89.3 Å². The van der Waals surface area contributed by atoms with Crippen LogP contribution in [0.25, 0.3) is 10.9 Å². The fraction of sp³-hybridized carbons (Fsp3) is 0.385. The Morgan fingerprint density at radius 3 is 2.68 bits per heavy atom. The van der Waals surface area contributed by atoms with Crippen LogP contribution in [0.1, 0.15) is 13.3 Å². The summed E-state index contributed by atoms with van der Waals surface area (Å²) >= 11 is 3.07. The summed E-state index contributed by atoms with van der Waals surface area (Å²) in [5.41, 5.74) is 0.414. The lowest BCUT2D eigenvalue weighted by molar-refractivity contribution is -0.139. The number of rotatable bonds is 5. The number of benzene rings is 1. The second kappa shape index (κ2) is 5.62. The van der Waals surface area contributed by atoms with E-state index >= 15 is 0 Å². The third kappa shape index (κ3) is 2.87. The highest BCUT2D eigenvalue weighted by Gasteiger charge is 2.43. The number of aliphatic carboxylic acids is 1. The Balaban J connectivity index is 2.32. The van der Waals surface area contributed by atoms with Gasteiger partial charge in [0.15, 0.2) is 14.6 Å². The predicted octanol–water partition coefficient (Wildman–Crippen LogP) is 2.22. The molecule has 1 unspecified atom stereocenters. The van der Waals surface area contributed by atoms with Crippen LogP contribution in [0.4, 0.5) is 4.39 Å². The van der Waals surface area contributed by atoms with E-state index in [1.165, 1.54) is 16.9 Å². The second-order valence-electron chi connectivity index (χ2n) is 5.24. The van der Waals surface area contributed by atoms with E-state index in [-0.39, 0.29) is 18.4 Å². The molecule has 0 aliphatic rings. The zero-order valence-electron chi connectivity index (χ0n) is 11.9. The number of nitrogens with zero attached hydrogens (tertiary/aromatic N) is 2. The van der Waals surface area contributed by atoms with Crippen molar-refractivity contribution < 1.29 is 22.7 Å². The Bertz CT molecular complexity index is 849. The standard InChI is InChI=1S/C13H14BrFN2O4S/c1-13(12(18)19,22(2,20)21)5-6-17-7-8-10(16-17)4-3-9(14)11(8)15/h3-4,7H,5-6H2,1-2H3,(H,18,19). The Morgan fingerprint density at radius 2 is 2.14 bits per heavy atom. The van der Waals surface area contributed by atoms with Gasteiger partial charge in [-0.1, -0.05) is 0 Å². The van der Waals surface area contributed by atoms with Gasteiger partial charge >= 0.3 is 5.97 Å². The van der Waals surface area contributed by atoms with Crippen molar-refractivity contribution in [3.8, 4) is 0 Å². The maximum absolute atomic E-state index is 13.9. The van der Waals surface area contributed by atoms with Gasteiger partial charge in [-0.15, -0.1) is 0 Å². The molecule has 22 heavy (non-hydrogen) atoms. The SMILES string of the molecule is CC(CCn1cc2c(F)c(Br)ccc2n1)(C(=O)O)S(C)(=O)=O. The Kier molecular flexibility index (Phi) is 4.31. The summed E-state index contributed by atoms with van der Waals surface area (Å²) in [6.07, 6.45) is 2.15. The molecule has 1 N–H and O–H groups in total. The molecule has 0 saturated heterocycles. The van der Waals surface area contributed by atoms with E-state index < -0.39 is 26.4 Å². The van der Waals surface area contributed by atoms with Crippen molar-refractivity contribution in [1.82, 2.24) is 9.78 Å². The van der Waals surface area contributed by atoms with Crippen LogP contribution in [0.3, 0.4) is 0 Å². The molecule has 0 radical (unpaired) electrons. The van der Waals surface area contributed by atoms with E-state index in [1.807, 2.05) is 0 Å². The van der Waals surface area contributed by atoms with Crippen molar-refractivity contribution in [2.45, 2.75) is 24.6 Å². The van der Waals surface area contributed by atoms with Crippen LogP contribution in [-0.4, -0.2) is 40.3 Å². The number of hydrogen-bond donors (Lipinski definition) is 1. The fourth-order valence-electron chi connectivity index (χ4n) is 1.98. The summed E-state index contributed by atoms with van der Waals surface area (Å²) in [6.45, 7) is 1.20. The minimum absolute atomic E-state index is 0.0433. The van der Waals surface area contributed by atoms with Crippen molar-refractivity contribution in [3.05, 3.63) is 28.6 Å². The second-order valence-corrected chi connectivity index (χ2v) is 8.54. The first-order chi connectivity index (χ1) is 10.1. The van der Waals surface area contributed by atoms with Gasteiger partial charge in [0.25, 0.3) is 0 Å². The van der Waals surface area contributed by atoms with E-state index in [1.54, 1.807) is 6.07 Å². The van der Waals surface area contributed by atoms with E-state index in [0.29, 0.717) is 9.99 Å². The molecular weight excluding hydrogens is 379 g/mol. The molecule has 1 aromatic carbocycles. The van der Waals surface area contributed by atoms with Crippen LogP contribution >= 0.6 is 15.9 Å². The summed E-state index contributed by atoms with van der Waals surface area (Å²) < 4.78 is 37.1. The molecule has 1 aromatic heterocycles. The summed E-state index contributed by atoms with van der Waals surface area (Å²) in [5.74, 6) is -1.88. The van der Waals surface area contributed by atoms with Gasteiger partial charge in [-0.05, 0) is 41.4 Å². The lowest BCUT2D eigenvalue weighted by Crippen LogP contribution is -2.43. The number of aromatic nitrogens is 2. The quantitative estimate of drug-likeness (QED) is 0.842. The predicted molar refractivity (Wildman–Crippen MR) is 82.9 cm³/mol. The first-order valence-electron chi connectivity index (χ1n) is 6.30. The number of carboxylic acids is 1. The van der Waals surface area contributed by atoms with Crippen molar-refractivity contribution in [1.29, 1.82) is 0 Å². The van der Waals surface area contributed by atoms with Gasteiger partial charge in [-0.25, -0.2) is 12.8 Å². The van der Waals surface area contributed by atoms with Crippen LogP contribution in [-0.2, 0) is 21.2 Å². The monoisotopic (exact) mass is 392 g/mol. The third-order valence-electron chi connectivity index (χ3n) is 3.71. The molecule has 0 saturated carbocycles. The number of sulfone groups is 1. The zero-order valence-corrected chi connectivity index (χ0v) is 14.3. The van der Waals surface area contributed by atoms with Gasteiger partial charge in [-0.3, -0.25) is 9.48 Å². The number of fused-ring (bicyclic) bond motifs is 1. The Labute approximate surface area is 135 Å². The van der Waals surface area contributed by atoms with E-state index in [0.717, 1.165) is 13.2 Å². The molecular formula is C13H14BrFN2O4S. The van der Waals surface area contributed by atoms with Crippen molar-refractivity contribution in [2.75, 3.05) is 6.26 Å². The first kappa shape index (κ1) is 16.9. The number of carboxylic acid groups (broad SMARTS) is 1. The average Bonchev–Trinajstić information content (AvgIpc) is 2.82.